The molecule has 3 rings (SSSR count). The Balaban J connectivity index is 1.77. The fraction of sp³-hybridized carbons (Fsp3) is 0.235. The lowest BCUT2D eigenvalue weighted by Gasteiger charge is -2.27. The lowest BCUT2D eigenvalue weighted by atomic mass is 9.99. The standard InChI is InChI=1S/C17H16FNO3/c18-12-6-7-15-13(10-12)14(8-9-22-15)19-17(21)16(20)11-4-2-1-3-5-11/h1-7,10,14,16,20H,8-9H2,(H,19,21)/t14-,16+/m1/s1. The van der Waals surface area contributed by atoms with Gasteiger partial charge in [-0.15, -0.1) is 0 Å². The Kier molecular flexibility index (Phi) is 4.06. The summed E-state index contributed by atoms with van der Waals surface area (Å²) in [6.45, 7) is 0.436. The molecule has 1 aliphatic rings. The van der Waals surface area contributed by atoms with Crippen LogP contribution in [0.2, 0.25) is 0 Å². The third kappa shape index (κ3) is 2.94. The lowest BCUT2D eigenvalue weighted by molar-refractivity contribution is -0.130. The van der Waals surface area contributed by atoms with Crippen molar-refractivity contribution in [2.24, 2.45) is 0 Å². The number of aliphatic hydroxyl groups is 1. The number of hydrogen-bond acceptors (Lipinski definition) is 3. The fourth-order valence-corrected chi connectivity index (χ4v) is 2.55. The molecule has 0 spiro atoms. The number of carbonyl (C=O) groups is 1. The second kappa shape index (κ2) is 6.15. The van der Waals surface area contributed by atoms with Crippen molar-refractivity contribution in [3.8, 4) is 5.75 Å². The maximum atomic E-state index is 13.4. The van der Waals surface area contributed by atoms with Gasteiger partial charge in [-0.05, 0) is 23.8 Å². The van der Waals surface area contributed by atoms with E-state index in [0.717, 1.165) is 0 Å². The van der Waals surface area contributed by atoms with Crippen LogP contribution in [0.25, 0.3) is 0 Å². The number of benzene rings is 2. The van der Waals surface area contributed by atoms with Gasteiger partial charge < -0.3 is 15.2 Å². The molecule has 0 fully saturated rings. The van der Waals surface area contributed by atoms with Gasteiger partial charge in [0.25, 0.3) is 5.91 Å². The van der Waals surface area contributed by atoms with E-state index in [1.807, 2.05) is 6.07 Å². The number of ether oxygens (including phenoxy) is 1. The van der Waals surface area contributed by atoms with Crippen molar-refractivity contribution in [1.29, 1.82) is 0 Å². The molecule has 0 unspecified atom stereocenters. The van der Waals surface area contributed by atoms with E-state index < -0.39 is 12.0 Å². The average Bonchev–Trinajstić information content (AvgIpc) is 2.55. The van der Waals surface area contributed by atoms with Gasteiger partial charge in [-0.25, -0.2) is 4.39 Å². The van der Waals surface area contributed by atoms with Crippen molar-refractivity contribution in [2.75, 3.05) is 6.61 Å². The summed E-state index contributed by atoms with van der Waals surface area (Å²) in [5.74, 6) is -0.326. The highest BCUT2D eigenvalue weighted by Crippen LogP contribution is 2.32. The first-order valence-corrected chi connectivity index (χ1v) is 7.11. The van der Waals surface area contributed by atoms with Crippen LogP contribution in [0.5, 0.6) is 5.75 Å². The van der Waals surface area contributed by atoms with Crippen molar-refractivity contribution >= 4 is 5.91 Å². The van der Waals surface area contributed by atoms with Crippen molar-refractivity contribution in [3.63, 3.8) is 0 Å². The van der Waals surface area contributed by atoms with E-state index in [-0.39, 0.29) is 11.9 Å². The van der Waals surface area contributed by atoms with E-state index in [1.54, 1.807) is 30.3 Å². The van der Waals surface area contributed by atoms with E-state index >= 15 is 0 Å². The number of hydrogen-bond donors (Lipinski definition) is 2. The third-order valence-electron chi connectivity index (χ3n) is 3.69. The Bertz CT molecular complexity index is 675. The molecule has 114 valence electrons. The zero-order valence-corrected chi connectivity index (χ0v) is 11.8. The number of carbonyl (C=O) groups excluding carboxylic acids is 1. The Labute approximate surface area is 127 Å². The summed E-state index contributed by atoms with van der Waals surface area (Å²) in [6, 6.07) is 12.5. The Morgan fingerprint density at radius 3 is 2.82 bits per heavy atom. The van der Waals surface area contributed by atoms with E-state index in [9.17, 15) is 14.3 Å². The first-order valence-electron chi connectivity index (χ1n) is 7.11. The van der Waals surface area contributed by atoms with Crippen LogP contribution in [0.1, 0.15) is 29.7 Å². The minimum absolute atomic E-state index is 0.370. The van der Waals surface area contributed by atoms with Gasteiger partial charge in [0.2, 0.25) is 0 Å². The SMILES string of the molecule is O=C(N[C@@H]1CCOc2ccc(F)cc21)[C@@H](O)c1ccccc1. The first kappa shape index (κ1) is 14.5. The number of rotatable bonds is 3. The molecule has 22 heavy (non-hydrogen) atoms. The largest absolute Gasteiger partial charge is 0.493 e. The molecule has 2 atom stereocenters. The molecule has 2 N–H and O–H groups in total. The molecule has 0 bridgehead atoms. The summed E-state index contributed by atoms with van der Waals surface area (Å²) in [5, 5.41) is 12.9. The molecule has 1 aliphatic heterocycles. The molecule has 0 aliphatic carbocycles. The van der Waals surface area contributed by atoms with Gasteiger partial charge in [-0.3, -0.25) is 4.79 Å². The second-order valence-electron chi connectivity index (χ2n) is 5.19. The normalized spacial score (nSPS) is 18.0. The van der Waals surface area contributed by atoms with Gasteiger partial charge in [-0.1, -0.05) is 30.3 Å². The predicted octanol–water partition coefficient (Wildman–Crippen LogP) is 2.50. The van der Waals surface area contributed by atoms with Crippen LogP contribution >= 0.6 is 0 Å². The van der Waals surface area contributed by atoms with E-state index in [1.165, 1.54) is 12.1 Å². The molecule has 0 aromatic heterocycles. The van der Waals surface area contributed by atoms with Crippen molar-refractivity contribution < 1.29 is 19.0 Å². The topological polar surface area (TPSA) is 58.6 Å². The Morgan fingerprint density at radius 2 is 2.05 bits per heavy atom. The van der Waals surface area contributed by atoms with Gasteiger partial charge >= 0.3 is 0 Å². The Morgan fingerprint density at radius 1 is 1.27 bits per heavy atom. The molecular weight excluding hydrogens is 285 g/mol. The van der Waals surface area contributed by atoms with Crippen LogP contribution < -0.4 is 10.1 Å². The van der Waals surface area contributed by atoms with Crippen LogP contribution in [-0.2, 0) is 4.79 Å². The van der Waals surface area contributed by atoms with Gasteiger partial charge in [-0.2, -0.15) is 0 Å². The molecular formula is C17H16FNO3. The van der Waals surface area contributed by atoms with Crippen molar-refractivity contribution in [2.45, 2.75) is 18.6 Å². The highest BCUT2D eigenvalue weighted by molar-refractivity contribution is 5.82. The molecule has 0 radical (unpaired) electrons. The minimum Gasteiger partial charge on any atom is -0.493 e. The summed E-state index contributed by atoms with van der Waals surface area (Å²) in [6.07, 6.45) is -0.718. The number of nitrogens with one attached hydrogen (secondary N) is 1. The first-order chi connectivity index (χ1) is 10.6. The zero-order valence-electron chi connectivity index (χ0n) is 11.8. The second-order valence-corrected chi connectivity index (χ2v) is 5.19. The molecule has 1 amide bonds. The fourth-order valence-electron chi connectivity index (χ4n) is 2.55. The Hall–Kier alpha value is -2.40. The van der Waals surface area contributed by atoms with Gasteiger partial charge in [0.15, 0.2) is 6.10 Å². The molecule has 2 aromatic carbocycles. The van der Waals surface area contributed by atoms with Gasteiger partial charge in [0.1, 0.15) is 11.6 Å². The number of halogens is 1. The summed E-state index contributed by atoms with van der Waals surface area (Å²) < 4.78 is 18.9. The highest BCUT2D eigenvalue weighted by Gasteiger charge is 2.26. The van der Waals surface area contributed by atoms with E-state index in [0.29, 0.717) is 29.9 Å². The van der Waals surface area contributed by atoms with Crippen LogP contribution in [0, 0.1) is 5.82 Å². The molecule has 0 saturated carbocycles. The van der Waals surface area contributed by atoms with E-state index in [2.05, 4.69) is 5.32 Å². The summed E-state index contributed by atoms with van der Waals surface area (Å²) >= 11 is 0. The van der Waals surface area contributed by atoms with Crippen LogP contribution in [0.3, 0.4) is 0 Å². The van der Waals surface area contributed by atoms with Crippen LogP contribution in [0.15, 0.2) is 48.5 Å². The van der Waals surface area contributed by atoms with Gasteiger partial charge in [0, 0.05) is 12.0 Å². The van der Waals surface area contributed by atoms with Crippen LogP contribution in [-0.4, -0.2) is 17.6 Å². The maximum Gasteiger partial charge on any atom is 0.253 e. The number of amides is 1. The molecule has 0 saturated heterocycles. The number of fused-ring (bicyclic) bond motifs is 1. The quantitative estimate of drug-likeness (QED) is 0.916. The van der Waals surface area contributed by atoms with Gasteiger partial charge in [0.05, 0.1) is 12.6 Å². The van der Waals surface area contributed by atoms with Crippen molar-refractivity contribution in [3.05, 3.63) is 65.5 Å². The van der Waals surface area contributed by atoms with E-state index in [4.69, 9.17) is 4.74 Å². The highest BCUT2D eigenvalue weighted by atomic mass is 19.1. The summed E-state index contributed by atoms with van der Waals surface area (Å²) in [5.41, 5.74) is 1.12. The molecule has 1 heterocycles. The minimum atomic E-state index is -1.25. The maximum absolute atomic E-state index is 13.4. The molecule has 4 nitrogen and oxygen atoms in total. The molecule has 2 aromatic rings. The molecule has 5 heteroatoms. The summed E-state index contributed by atoms with van der Waals surface area (Å²) in [7, 11) is 0. The lowest BCUT2D eigenvalue weighted by Crippen LogP contribution is -2.35. The summed E-state index contributed by atoms with van der Waals surface area (Å²) in [4.78, 5) is 12.2. The predicted molar refractivity (Wildman–Crippen MR) is 78.8 cm³/mol. The average molecular weight is 301 g/mol. The smallest absolute Gasteiger partial charge is 0.253 e. The number of aliphatic hydroxyl groups excluding tert-OH is 1. The third-order valence-corrected chi connectivity index (χ3v) is 3.69. The monoisotopic (exact) mass is 301 g/mol. The van der Waals surface area contributed by atoms with Crippen molar-refractivity contribution in [1.82, 2.24) is 5.32 Å². The van der Waals surface area contributed by atoms with Crippen LogP contribution in [0.4, 0.5) is 4.39 Å². The zero-order chi connectivity index (χ0) is 15.5.